The van der Waals surface area contributed by atoms with Crippen molar-refractivity contribution in [2.24, 2.45) is 0 Å². The number of fused-ring (bicyclic) bond motifs is 5. The third-order valence-electron chi connectivity index (χ3n) is 9.75. The first-order valence-electron chi connectivity index (χ1n) is 17.0. The molecule has 5 heteroatoms. The average Bonchev–Trinajstić information content (AvgIpc) is 3.84. The summed E-state index contributed by atoms with van der Waals surface area (Å²) < 4.78 is 14.6. The molecule has 1 radical (unpaired) electrons. The van der Waals surface area contributed by atoms with Crippen LogP contribution < -0.4 is 0 Å². The van der Waals surface area contributed by atoms with Crippen molar-refractivity contribution in [1.82, 2.24) is 9.55 Å². The fraction of sp³-hybridized carbons (Fsp3) is 0.133. The summed E-state index contributed by atoms with van der Waals surface area (Å²) in [6.07, 6.45) is 3.29. The molecule has 247 valence electrons. The summed E-state index contributed by atoms with van der Waals surface area (Å²) in [4.78, 5) is 5.29. The summed E-state index contributed by atoms with van der Waals surface area (Å²) in [7, 11) is 0. The molecule has 0 saturated carbocycles. The van der Waals surface area contributed by atoms with Gasteiger partial charge in [0.1, 0.15) is 11.2 Å². The predicted molar refractivity (Wildman–Crippen MR) is 201 cm³/mol. The van der Waals surface area contributed by atoms with Gasteiger partial charge in [0.25, 0.3) is 0 Å². The van der Waals surface area contributed by atoms with Crippen molar-refractivity contribution in [3.63, 3.8) is 0 Å². The number of furan rings is 2. The third-order valence-corrected chi connectivity index (χ3v) is 9.75. The smallest absolute Gasteiger partial charge is 0.135 e. The molecule has 4 nitrogen and oxygen atoms in total. The Kier molecular flexibility index (Phi) is 8.06. The van der Waals surface area contributed by atoms with E-state index >= 15 is 0 Å². The Morgan fingerprint density at radius 3 is 1.92 bits per heavy atom. The quantitative estimate of drug-likeness (QED) is 0.157. The number of aromatic nitrogens is 2. The molecule has 0 N–H and O–H groups in total. The summed E-state index contributed by atoms with van der Waals surface area (Å²) in [6.45, 7) is 9.12. The van der Waals surface area contributed by atoms with E-state index in [1.807, 2.05) is 18.2 Å². The maximum Gasteiger partial charge on any atom is 0.135 e. The zero-order chi connectivity index (χ0) is 33.2. The maximum atomic E-state index is 6.14. The van der Waals surface area contributed by atoms with Gasteiger partial charge in [0, 0.05) is 48.4 Å². The van der Waals surface area contributed by atoms with Gasteiger partial charge in [0.15, 0.2) is 0 Å². The first kappa shape index (κ1) is 32.0. The Morgan fingerprint density at radius 2 is 1.18 bits per heavy atom. The Labute approximate surface area is 304 Å². The zero-order valence-electron chi connectivity index (χ0n) is 28.3. The van der Waals surface area contributed by atoms with Crippen LogP contribution in [0, 0.1) is 6.26 Å². The van der Waals surface area contributed by atoms with Crippen LogP contribution in [-0.2, 0) is 20.1 Å². The van der Waals surface area contributed by atoms with E-state index in [2.05, 4.69) is 148 Å². The zero-order valence-corrected chi connectivity index (χ0v) is 30.7. The van der Waals surface area contributed by atoms with Crippen LogP contribution in [-0.4, -0.2) is 9.55 Å². The Balaban J connectivity index is 0.00000361. The third kappa shape index (κ3) is 5.20. The average molecular weight is 828 g/mol. The van der Waals surface area contributed by atoms with Crippen LogP contribution in [0.3, 0.4) is 0 Å². The minimum atomic E-state index is 0. The SMILES string of the molecule is CC(C)c1cc(-c2ccccc2)cc(C(C)C)c1-n1c(-c2[c-]oc3ccc(-c4ccc5oc6ccccc6c5c4)cc23)nc2ccccc21.[Ir]. The van der Waals surface area contributed by atoms with Gasteiger partial charge in [0.2, 0.25) is 0 Å². The fourth-order valence-corrected chi connectivity index (χ4v) is 7.26. The van der Waals surface area contributed by atoms with Crippen LogP contribution >= 0.6 is 0 Å². The predicted octanol–water partition coefficient (Wildman–Crippen LogP) is 12.7. The van der Waals surface area contributed by atoms with E-state index in [9.17, 15) is 0 Å². The van der Waals surface area contributed by atoms with E-state index in [-0.39, 0.29) is 31.9 Å². The summed E-state index contributed by atoms with van der Waals surface area (Å²) in [5, 5.41) is 3.20. The summed E-state index contributed by atoms with van der Waals surface area (Å²) >= 11 is 0. The molecule has 0 saturated heterocycles. The van der Waals surface area contributed by atoms with Crippen LogP contribution in [0.25, 0.3) is 83.3 Å². The van der Waals surface area contributed by atoms with Gasteiger partial charge in [-0.1, -0.05) is 124 Å². The molecule has 3 heterocycles. The van der Waals surface area contributed by atoms with Crippen LogP contribution in [0.4, 0.5) is 0 Å². The minimum absolute atomic E-state index is 0. The second-order valence-electron chi connectivity index (χ2n) is 13.5. The molecule has 0 spiro atoms. The van der Waals surface area contributed by atoms with Crippen molar-refractivity contribution < 1.29 is 28.9 Å². The van der Waals surface area contributed by atoms with Gasteiger partial charge in [0.05, 0.1) is 16.9 Å². The van der Waals surface area contributed by atoms with E-state index in [0.717, 1.165) is 66.5 Å². The molecule has 0 aliphatic heterocycles. The molecule has 0 atom stereocenters. The van der Waals surface area contributed by atoms with Crippen LogP contribution in [0.5, 0.6) is 0 Å². The van der Waals surface area contributed by atoms with Crippen molar-refractivity contribution in [3.05, 3.63) is 145 Å². The van der Waals surface area contributed by atoms with Gasteiger partial charge in [-0.2, -0.15) is 0 Å². The number of para-hydroxylation sites is 3. The van der Waals surface area contributed by atoms with Crippen molar-refractivity contribution in [2.75, 3.05) is 0 Å². The minimum Gasteiger partial charge on any atom is -0.557 e. The van der Waals surface area contributed by atoms with Gasteiger partial charge in [-0.05, 0) is 87.7 Å². The molecule has 9 aromatic rings. The number of nitrogens with zero attached hydrogens (tertiary/aromatic N) is 2. The normalized spacial score (nSPS) is 11.8. The first-order valence-corrected chi connectivity index (χ1v) is 17.0. The molecule has 0 unspecified atom stereocenters. The molecule has 0 fully saturated rings. The number of hydrogen-bond acceptors (Lipinski definition) is 3. The van der Waals surface area contributed by atoms with E-state index in [0.29, 0.717) is 0 Å². The van der Waals surface area contributed by atoms with Crippen molar-refractivity contribution in [3.8, 4) is 39.3 Å². The monoisotopic (exact) mass is 828 g/mol. The summed E-state index contributed by atoms with van der Waals surface area (Å²) in [6, 6.07) is 44.8. The van der Waals surface area contributed by atoms with Crippen LogP contribution in [0.2, 0.25) is 0 Å². The largest absolute Gasteiger partial charge is 0.557 e. The van der Waals surface area contributed by atoms with Crippen molar-refractivity contribution in [1.29, 1.82) is 0 Å². The van der Waals surface area contributed by atoms with Crippen LogP contribution in [0.15, 0.2) is 136 Å². The Hall–Kier alpha value is -5.22. The standard InChI is InChI=1S/C45H35N2O2.Ir/c1-27(2)34-24-32(29-12-6-5-7-13-29)25-35(28(3)4)44(34)47-40-16-10-9-15-39(40)46-45(47)38-26-48-41-20-18-30(23-37(38)41)31-19-21-43-36(22-31)33-14-8-11-17-42(33)49-43;/h5-25,27-28H,1-4H3;/q-1;. The molecular weight excluding hydrogens is 793 g/mol. The van der Waals surface area contributed by atoms with Gasteiger partial charge in [-0.3, -0.25) is 4.98 Å². The number of hydrogen-bond donors (Lipinski definition) is 0. The molecular formula is C45H35IrN2O2-. The molecule has 50 heavy (non-hydrogen) atoms. The Morgan fingerprint density at radius 1 is 0.560 bits per heavy atom. The summed E-state index contributed by atoms with van der Waals surface area (Å²) in [5.41, 5.74) is 13.8. The van der Waals surface area contributed by atoms with Gasteiger partial charge in [-0.15, -0.1) is 0 Å². The van der Waals surface area contributed by atoms with Gasteiger partial charge in [-0.25, -0.2) is 0 Å². The maximum absolute atomic E-state index is 6.14. The second kappa shape index (κ2) is 12.6. The number of rotatable bonds is 6. The van der Waals surface area contributed by atoms with E-state index in [1.54, 1.807) is 0 Å². The van der Waals surface area contributed by atoms with E-state index in [4.69, 9.17) is 13.8 Å². The van der Waals surface area contributed by atoms with Crippen molar-refractivity contribution in [2.45, 2.75) is 39.5 Å². The number of imidazole rings is 1. The topological polar surface area (TPSA) is 44.1 Å². The molecule has 0 bridgehead atoms. The van der Waals surface area contributed by atoms with E-state index < -0.39 is 0 Å². The van der Waals surface area contributed by atoms with Crippen molar-refractivity contribution >= 4 is 43.9 Å². The molecule has 3 aromatic heterocycles. The number of benzene rings is 6. The fourth-order valence-electron chi connectivity index (χ4n) is 7.26. The van der Waals surface area contributed by atoms with Crippen LogP contribution in [0.1, 0.15) is 50.7 Å². The second-order valence-corrected chi connectivity index (χ2v) is 13.5. The van der Waals surface area contributed by atoms with E-state index in [1.165, 1.54) is 27.9 Å². The molecule has 0 aliphatic carbocycles. The van der Waals surface area contributed by atoms with Gasteiger partial charge >= 0.3 is 0 Å². The molecule has 6 aromatic carbocycles. The Bertz CT molecular complexity index is 2650. The summed E-state index contributed by atoms with van der Waals surface area (Å²) in [5.74, 6) is 1.37. The molecule has 9 rings (SSSR count). The molecule has 0 amide bonds. The first-order chi connectivity index (χ1) is 23.9. The van der Waals surface area contributed by atoms with Gasteiger partial charge < -0.3 is 13.4 Å². The molecule has 0 aliphatic rings.